The van der Waals surface area contributed by atoms with Crippen LogP contribution in [0.5, 0.6) is 0 Å². The van der Waals surface area contributed by atoms with Crippen LogP contribution in [0.3, 0.4) is 0 Å². The molecule has 6 heteroatoms. The molecule has 1 aromatic heterocycles. The van der Waals surface area contributed by atoms with Gasteiger partial charge in [0.25, 0.3) is 0 Å². The summed E-state index contributed by atoms with van der Waals surface area (Å²) < 4.78 is 0.820. The highest BCUT2D eigenvalue weighted by atomic mass is 32.2. The second-order valence-electron chi connectivity index (χ2n) is 5.94. The molecule has 1 amide bonds. The Hall–Kier alpha value is -1.40. The second kappa shape index (κ2) is 7.24. The average molecular weight is 335 g/mol. The zero-order chi connectivity index (χ0) is 16.2. The fourth-order valence-electron chi connectivity index (χ4n) is 2.04. The van der Waals surface area contributed by atoms with Gasteiger partial charge in [-0.2, -0.15) is 0 Å². The van der Waals surface area contributed by atoms with Crippen molar-refractivity contribution in [1.29, 1.82) is 0 Å². The highest BCUT2D eigenvalue weighted by Crippen LogP contribution is 2.25. The van der Waals surface area contributed by atoms with E-state index in [1.165, 1.54) is 34.2 Å². The molecule has 0 saturated heterocycles. The van der Waals surface area contributed by atoms with Gasteiger partial charge in [-0.15, -0.1) is 10.2 Å². The molecular weight excluding hydrogens is 314 g/mol. The van der Waals surface area contributed by atoms with E-state index in [9.17, 15) is 4.79 Å². The Balaban J connectivity index is 1.92. The van der Waals surface area contributed by atoms with E-state index in [0.29, 0.717) is 6.54 Å². The molecule has 2 aromatic rings. The summed E-state index contributed by atoms with van der Waals surface area (Å²) in [4.78, 5) is 12.2. The average Bonchev–Trinajstić information content (AvgIpc) is 2.97. The number of aromatic nitrogens is 2. The van der Waals surface area contributed by atoms with Gasteiger partial charge in [0.2, 0.25) is 5.91 Å². The molecule has 4 nitrogen and oxygen atoms in total. The van der Waals surface area contributed by atoms with Gasteiger partial charge >= 0.3 is 0 Å². The van der Waals surface area contributed by atoms with Gasteiger partial charge in [0, 0.05) is 12.0 Å². The molecule has 118 valence electrons. The van der Waals surface area contributed by atoms with Crippen LogP contribution in [0.2, 0.25) is 0 Å². The van der Waals surface area contributed by atoms with Gasteiger partial charge in [0.15, 0.2) is 4.34 Å². The van der Waals surface area contributed by atoms with Crippen LogP contribution < -0.4 is 5.32 Å². The lowest BCUT2D eigenvalue weighted by Gasteiger charge is -2.26. The fraction of sp³-hybridized carbons (Fsp3) is 0.438. The second-order valence-corrected chi connectivity index (χ2v) is 8.36. The van der Waals surface area contributed by atoms with Crippen molar-refractivity contribution in [2.45, 2.75) is 42.7 Å². The maximum atomic E-state index is 12.2. The van der Waals surface area contributed by atoms with E-state index in [0.717, 1.165) is 4.34 Å². The molecule has 0 aliphatic carbocycles. The first kappa shape index (κ1) is 17.0. The number of rotatable bonds is 6. The molecule has 0 saturated carbocycles. The Bertz CT molecular complexity index is 626. The zero-order valence-electron chi connectivity index (χ0n) is 13.3. The van der Waals surface area contributed by atoms with Gasteiger partial charge in [-0.1, -0.05) is 66.8 Å². The first-order valence-corrected chi connectivity index (χ1v) is 8.92. The van der Waals surface area contributed by atoms with Crippen molar-refractivity contribution in [3.8, 4) is 0 Å². The Morgan fingerprint density at radius 2 is 2.23 bits per heavy atom. The predicted molar refractivity (Wildman–Crippen MR) is 92.4 cm³/mol. The van der Waals surface area contributed by atoms with Crippen LogP contribution in [0.25, 0.3) is 0 Å². The Kier molecular flexibility index (Phi) is 5.58. The van der Waals surface area contributed by atoms with E-state index in [4.69, 9.17) is 0 Å². The predicted octanol–water partition coefficient (Wildman–Crippen LogP) is 3.42. The summed E-state index contributed by atoms with van der Waals surface area (Å²) in [5.41, 5.74) is 4.04. The minimum Gasteiger partial charge on any atom is -0.354 e. The zero-order valence-corrected chi connectivity index (χ0v) is 14.9. The number of aryl methyl sites for hydroxylation is 1. The lowest BCUT2D eigenvalue weighted by atomic mass is 9.84. The van der Waals surface area contributed by atoms with Crippen LogP contribution in [-0.2, 0) is 10.2 Å². The number of hydrogen-bond donors (Lipinski definition) is 1. The SMILES string of the molecule is Cc1cccc(C(C)(C)CNC(=O)[C@@H](C)Sc2nncs2)c1. The molecule has 1 heterocycles. The third-order valence-electron chi connectivity index (χ3n) is 3.49. The smallest absolute Gasteiger partial charge is 0.233 e. The summed E-state index contributed by atoms with van der Waals surface area (Å²) in [6.07, 6.45) is 0. The first-order chi connectivity index (χ1) is 10.4. The minimum absolute atomic E-state index is 0.0286. The summed E-state index contributed by atoms with van der Waals surface area (Å²) in [5, 5.41) is 10.6. The monoisotopic (exact) mass is 335 g/mol. The number of carbonyl (C=O) groups is 1. The van der Waals surface area contributed by atoms with E-state index in [-0.39, 0.29) is 16.6 Å². The van der Waals surface area contributed by atoms with Gasteiger partial charge in [0.05, 0.1) is 5.25 Å². The number of nitrogens with one attached hydrogen (secondary N) is 1. The van der Waals surface area contributed by atoms with Crippen molar-refractivity contribution in [1.82, 2.24) is 15.5 Å². The molecule has 0 unspecified atom stereocenters. The Morgan fingerprint density at radius 1 is 1.45 bits per heavy atom. The Morgan fingerprint density at radius 3 is 2.86 bits per heavy atom. The molecule has 22 heavy (non-hydrogen) atoms. The molecule has 2 rings (SSSR count). The molecular formula is C16H21N3OS2. The van der Waals surface area contributed by atoms with E-state index in [1.807, 2.05) is 6.92 Å². The molecule has 0 aliphatic rings. The highest BCUT2D eigenvalue weighted by molar-refractivity contribution is 8.02. The summed E-state index contributed by atoms with van der Waals surface area (Å²) in [6, 6.07) is 8.42. The fourth-order valence-corrected chi connectivity index (χ4v) is 3.69. The van der Waals surface area contributed by atoms with E-state index < -0.39 is 0 Å². The van der Waals surface area contributed by atoms with Crippen molar-refractivity contribution in [3.63, 3.8) is 0 Å². The van der Waals surface area contributed by atoms with Gasteiger partial charge in [-0.05, 0) is 19.4 Å². The normalized spacial score (nSPS) is 12.9. The van der Waals surface area contributed by atoms with Crippen LogP contribution in [0.15, 0.2) is 34.1 Å². The molecule has 1 atom stereocenters. The van der Waals surface area contributed by atoms with E-state index in [2.05, 4.69) is 60.6 Å². The van der Waals surface area contributed by atoms with Crippen LogP contribution >= 0.6 is 23.1 Å². The molecule has 0 spiro atoms. The highest BCUT2D eigenvalue weighted by Gasteiger charge is 2.23. The van der Waals surface area contributed by atoms with Crippen molar-refractivity contribution in [3.05, 3.63) is 40.9 Å². The third kappa shape index (κ3) is 4.55. The molecule has 1 N–H and O–H groups in total. The number of amides is 1. The summed E-state index contributed by atoms with van der Waals surface area (Å²) in [7, 11) is 0. The van der Waals surface area contributed by atoms with Crippen molar-refractivity contribution in [2.75, 3.05) is 6.54 Å². The van der Waals surface area contributed by atoms with Gasteiger partial charge < -0.3 is 5.32 Å². The molecule has 0 aliphatic heterocycles. The molecule has 0 radical (unpaired) electrons. The van der Waals surface area contributed by atoms with Gasteiger partial charge in [0.1, 0.15) is 5.51 Å². The quantitative estimate of drug-likeness (QED) is 0.822. The van der Waals surface area contributed by atoms with Crippen molar-refractivity contribution in [2.24, 2.45) is 0 Å². The standard InChI is InChI=1S/C16H21N3OS2/c1-11-6-5-7-13(8-11)16(3,4)9-17-14(20)12(2)22-15-19-18-10-21-15/h5-8,10,12H,9H2,1-4H3,(H,17,20)/t12-/m1/s1. The minimum atomic E-state index is -0.179. The molecule has 0 bridgehead atoms. The maximum absolute atomic E-state index is 12.2. The lowest BCUT2D eigenvalue weighted by molar-refractivity contribution is -0.120. The van der Waals surface area contributed by atoms with Crippen LogP contribution in [-0.4, -0.2) is 27.9 Å². The Labute approximate surface area is 139 Å². The molecule has 0 fully saturated rings. The summed E-state index contributed by atoms with van der Waals surface area (Å²) in [6.45, 7) is 8.87. The number of carbonyl (C=O) groups excluding carboxylic acids is 1. The first-order valence-electron chi connectivity index (χ1n) is 7.16. The van der Waals surface area contributed by atoms with Gasteiger partial charge in [-0.3, -0.25) is 4.79 Å². The summed E-state index contributed by atoms with van der Waals surface area (Å²) >= 11 is 2.89. The lowest BCUT2D eigenvalue weighted by Crippen LogP contribution is -2.40. The van der Waals surface area contributed by atoms with E-state index >= 15 is 0 Å². The van der Waals surface area contributed by atoms with Crippen molar-refractivity contribution >= 4 is 29.0 Å². The van der Waals surface area contributed by atoms with Crippen LogP contribution in [0.4, 0.5) is 0 Å². The maximum Gasteiger partial charge on any atom is 0.233 e. The molecule has 1 aromatic carbocycles. The number of hydrogen-bond acceptors (Lipinski definition) is 5. The van der Waals surface area contributed by atoms with Crippen LogP contribution in [0.1, 0.15) is 31.9 Å². The van der Waals surface area contributed by atoms with Crippen molar-refractivity contribution < 1.29 is 4.79 Å². The van der Waals surface area contributed by atoms with Gasteiger partial charge in [-0.25, -0.2) is 0 Å². The summed E-state index contributed by atoms with van der Waals surface area (Å²) in [5.74, 6) is 0.0286. The third-order valence-corrected chi connectivity index (χ3v) is 5.40. The topological polar surface area (TPSA) is 54.9 Å². The van der Waals surface area contributed by atoms with E-state index in [1.54, 1.807) is 5.51 Å². The van der Waals surface area contributed by atoms with Crippen LogP contribution in [0, 0.1) is 6.92 Å². The number of nitrogens with zero attached hydrogens (tertiary/aromatic N) is 2. The number of benzene rings is 1. The largest absolute Gasteiger partial charge is 0.354 e. The number of thioether (sulfide) groups is 1.